The van der Waals surface area contributed by atoms with Gasteiger partial charge in [-0.15, -0.1) is 0 Å². The van der Waals surface area contributed by atoms with Crippen molar-refractivity contribution in [1.82, 2.24) is 4.90 Å². The van der Waals surface area contributed by atoms with Gasteiger partial charge in [-0.25, -0.2) is 0 Å². The minimum atomic E-state index is 0.771. The zero-order chi connectivity index (χ0) is 13.0. The maximum atomic E-state index is 5.79. The smallest absolute Gasteiger partial charge is 0.117 e. The molecule has 0 unspecified atom stereocenters. The zero-order valence-corrected chi connectivity index (χ0v) is 12.0. The molecule has 0 bridgehead atoms. The van der Waals surface area contributed by atoms with Gasteiger partial charge in [-0.2, -0.15) is 0 Å². The summed E-state index contributed by atoms with van der Waals surface area (Å²) in [6.07, 6.45) is 1.71. The zero-order valence-electron chi connectivity index (χ0n) is 10.4. The summed E-state index contributed by atoms with van der Waals surface area (Å²) in [6.45, 7) is 4.83. The molecule has 4 heteroatoms. The minimum Gasteiger partial charge on any atom is -0.468 e. The van der Waals surface area contributed by atoms with E-state index in [1.54, 1.807) is 6.26 Å². The quantitative estimate of drug-likeness (QED) is 0.857. The predicted molar refractivity (Wildman–Crippen MR) is 77.1 cm³/mol. The lowest BCUT2D eigenvalue weighted by atomic mass is 10.2. The number of nitrogens with two attached hydrogens (primary N) is 1. The van der Waals surface area contributed by atoms with Crippen LogP contribution in [0.15, 0.2) is 45.5 Å². The van der Waals surface area contributed by atoms with E-state index in [-0.39, 0.29) is 0 Å². The number of rotatable bonds is 5. The number of nitrogens with zero attached hydrogens (tertiary/aromatic N) is 1. The van der Waals surface area contributed by atoms with Gasteiger partial charge in [0, 0.05) is 16.7 Å². The SMILES string of the molecule is CCN(Cc1ccc(N)c(Br)c1)Cc1ccco1. The van der Waals surface area contributed by atoms with E-state index < -0.39 is 0 Å². The van der Waals surface area contributed by atoms with E-state index in [0.717, 1.165) is 35.6 Å². The fourth-order valence-electron chi connectivity index (χ4n) is 1.83. The Morgan fingerprint density at radius 1 is 1.28 bits per heavy atom. The van der Waals surface area contributed by atoms with Crippen molar-refractivity contribution in [2.24, 2.45) is 0 Å². The minimum absolute atomic E-state index is 0.771. The second-order valence-corrected chi connectivity index (χ2v) is 5.09. The summed E-state index contributed by atoms with van der Waals surface area (Å²) in [5, 5.41) is 0. The Morgan fingerprint density at radius 3 is 2.72 bits per heavy atom. The predicted octanol–water partition coefficient (Wildman–Crippen LogP) is 3.65. The molecule has 0 fully saturated rings. The molecule has 0 atom stereocenters. The van der Waals surface area contributed by atoms with Crippen molar-refractivity contribution >= 4 is 21.6 Å². The van der Waals surface area contributed by atoms with Gasteiger partial charge < -0.3 is 10.2 Å². The number of halogens is 1. The molecule has 0 saturated heterocycles. The first-order valence-corrected chi connectivity index (χ1v) is 6.77. The molecule has 1 aromatic carbocycles. The molecule has 0 amide bonds. The van der Waals surface area contributed by atoms with Crippen LogP contribution in [0.3, 0.4) is 0 Å². The number of hydrogen-bond acceptors (Lipinski definition) is 3. The molecule has 96 valence electrons. The third-order valence-electron chi connectivity index (χ3n) is 2.88. The Kier molecular flexibility index (Phi) is 4.44. The molecule has 0 radical (unpaired) electrons. The first-order chi connectivity index (χ1) is 8.69. The van der Waals surface area contributed by atoms with Crippen LogP contribution in [0.2, 0.25) is 0 Å². The van der Waals surface area contributed by atoms with E-state index in [2.05, 4.69) is 39.9 Å². The van der Waals surface area contributed by atoms with Crippen molar-refractivity contribution in [3.8, 4) is 0 Å². The molecule has 0 spiro atoms. The van der Waals surface area contributed by atoms with E-state index in [1.165, 1.54) is 5.56 Å². The highest BCUT2D eigenvalue weighted by atomic mass is 79.9. The van der Waals surface area contributed by atoms with Crippen LogP contribution in [0.25, 0.3) is 0 Å². The highest BCUT2D eigenvalue weighted by molar-refractivity contribution is 9.10. The molecular formula is C14H17BrN2O. The van der Waals surface area contributed by atoms with E-state index in [4.69, 9.17) is 10.2 Å². The average molecular weight is 309 g/mol. The van der Waals surface area contributed by atoms with Crippen LogP contribution < -0.4 is 5.73 Å². The van der Waals surface area contributed by atoms with Gasteiger partial charge in [0.15, 0.2) is 0 Å². The number of benzene rings is 1. The lowest BCUT2D eigenvalue weighted by molar-refractivity contribution is 0.248. The van der Waals surface area contributed by atoms with Gasteiger partial charge in [-0.1, -0.05) is 13.0 Å². The van der Waals surface area contributed by atoms with Crippen molar-refractivity contribution in [2.75, 3.05) is 12.3 Å². The molecule has 3 nitrogen and oxygen atoms in total. The van der Waals surface area contributed by atoms with Gasteiger partial charge in [-0.3, -0.25) is 4.90 Å². The first kappa shape index (κ1) is 13.2. The Labute approximate surface area is 116 Å². The number of nitrogen functional groups attached to an aromatic ring is 1. The van der Waals surface area contributed by atoms with Crippen molar-refractivity contribution in [3.05, 3.63) is 52.4 Å². The Balaban J connectivity index is 2.03. The van der Waals surface area contributed by atoms with Crippen LogP contribution in [0.5, 0.6) is 0 Å². The summed E-state index contributed by atoms with van der Waals surface area (Å²) in [6, 6.07) is 9.98. The van der Waals surface area contributed by atoms with Gasteiger partial charge in [0.05, 0.1) is 12.8 Å². The summed E-state index contributed by atoms with van der Waals surface area (Å²) in [4.78, 5) is 2.32. The Hall–Kier alpha value is -1.26. The second-order valence-electron chi connectivity index (χ2n) is 4.24. The van der Waals surface area contributed by atoms with Gasteiger partial charge in [0.1, 0.15) is 5.76 Å². The third kappa shape index (κ3) is 3.37. The monoisotopic (exact) mass is 308 g/mol. The van der Waals surface area contributed by atoms with Crippen LogP contribution >= 0.6 is 15.9 Å². The Bertz CT molecular complexity index is 497. The van der Waals surface area contributed by atoms with E-state index in [1.807, 2.05) is 18.2 Å². The fraction of sp³-hybridized carbons (Fsp3) is 0.286. The van der Waals surface area contributed by atoms with Gasteiger partial charge >= 0.3 is 0 Å². The molecule has 18 heavy (non-hydrogen) atoms. The van der Waals surface area contributed by atoms with Crippen LogP contribution in [0, 0.1) is 0 Å². The highest BCUT2D eigenvalue weighted by Crippen LogP contribution is 2.21. The summed E-state index contributed by atoms with van der Waals surface area (Å²) in [5.74, 6) is 0.992. The van der Waals surface area contributed by atoms with Crippen molar-refractivity contribution in [3.63, 3.8) is 0 Å². The number of anilines is 1. The highest BCUT2D eigenvalue weighted by Gasteiger charge is 2.07. The molecular weight excluding hydrogens is 292 g/mol. The molecule has 2 N–H and O–H groups in total. The second kappa shape index (κ2) is 6.07. The summed E-state index contributed by atoms with van der Waals surface area (Å²) < 4.78 is 6.33. The van der Waals surface area contributed by atoms with Crippen LogP contribution in [-0.4, -0.2) is 11.4 Å². The third-order valence-corrected chi connectivity index (χ3v) is 3.56. The number of furan rings is 1. The lowest BCUT2D eigenvalue weighted by Crippen LogP contribution is -2.22. The maximum Gasteiger partial charge on any atom is 0.117 e. The molecule has 1 heterocycles. The fourth-order valence-corrected chi connectivity index (χ4v) is 2.26. The molecule has 0 aliphatic rings. The van der Waals surface area contributed by atoms with Gasteiger partial charge in [0.2, 0.25) is 0 Å². The first-order valence-electron chi connectivity index (χ1n) is 5.97. The standard InChI is InChI=1S/C14H17BrN2O/c1-2-17(10-12-4-3-7-18-12)9-11-5-6-14(16)13(15)8-11/h3-8H,2,9-10,16H2,1H3. The van der Waals surface area contributed by atoms with Crippen molar-refractivity contribution < 1.29 is 4.42 Å². The summed E-state index contributed by atoms with van der Waals surface area (Å²) >= 11 is 3.46. The molecule has 2 aromatic rings. The number of hydrogen-bond donors (Lipinski definition) is 1. The van der Waals surface area contributed by atoms with Crippen molar-refractivity contribution in [2.45, 2.75) is 20.0 Å². The van der Waals surface area contributed by atoms with E-state index >= 15 is 0 Å². The van der Waals surface area contributed by atoms with Crippen LogP contribution in [0.1, 0.15) is 18.2 Å². The Morgan fingerprint density at radius 2 is 2.11 bits per heavy atom. The van der Waals surface area contributed by atoms with Gasteiger partial charge in [-0.05, 0) is 52.3 Å². The average Bonchev–Trinajstić information content (AvgIpc) is 2.86. The van der Waals surface area contributed by atoms with Gasteiger partial charge in [0.25, 0.3) is 0 Å². The molecule has 0 aliphatic heterocycles. The normalized spacial score (nSPS) is 11.1. The lowest BCUT2D eigenvalue weighted by Gasteiger charge is -2.19. The molecule has 0 aliphatic carbocycles. The molecule has 2 rings (SSSR count). The van der Waals surface area contributed by atoms with Crippen LogP contribution in [0.4, 0.5) is 5.69 Å². The van der Waals surface area contributed by atoms with Crippen molar-refractivity contribution in [1.29, 1.82) is 0 Å². The summed E-state index contributed by atoms with van der Waals surface area (Å²) in [5.41, 5.74) is 7.80. The van der Waals surface area contributed by atoms with E-state index in [0.29, 0.717) is 0 Å². The molecule has 0 saturated carbocycles. The van der Waals surface area contributed by atoms with E-state index in [9.17, 15) is 0 Å². The summed E-state index contributed by atoms with van der Waals surface area (Å²) in [7, 11) is 0. The largest absolute Gasteiger partial charge is 0.468 e. The molecule has 1 aromatic heterocycles. The maximum absolute atomic E-state index is 5.79. The topological polar surface area (TPSA) is 42.4 Å². The van der Waals surface area contributed by atoms with Crippen LogP contribution in [-0.2, 0) is 13.1 Å².